The predicted octanol–water partition coefficient (Wildman–Crippen LogP) is 2.02. The third-order valence-electron chi connectivity index (χ3n) is 5.68. The first-order valence-corrected chi connectivity index (χ1v) is 10.9. The SMILES string of the molecule is CC(C)C1CCC(C(=O)N[C@H](Cc2ccccc2)C(=O)O)CC1.CN(C)C(N)=NC(=N)N. The molecule has 9 nitrogen and oxygen atoms in total. The van der Waals surface area contributed by atoms with E-state index in [4.69, 9.17) is 16.9 Å². The van der Waals surface area contributed by atoms with Crippen molar-refractivity contribution in [3.05, 3.63) is 35.9 Å². The average Bonchev–Trinajstić information content (AvgIpc) is 2.73. The fourth-order valence-electron chi connectivity index (χ4n) is 3.61. The Balaban J connectivity index is 0.000000482. The minimum absolute atomic E-state index is 0.0392. The summed E-state index contributed by atoms with van der Waals surface area (Å²) in [6.45, 7) is 4.46. The number of nitrogens with one attached hydrogen (secondary N) is 2. The number of aliphatic carboxylic acids is 1. The van der Waals surface area contributed by atoms with E-state index in [1.165, 1.54) is 0 Å². The van der Waals surface area contributed by atoms with E-state index < -0.39 is 12.0 Å². The number of hydrogen-bond donors (Lipinski definition) is 5. The van der Waals surface area contributed by atoms with Crippen LogP contribution in [0.3, 0.4) is 0 Å². The van der Waals surface area contributed by atoms with E-state index >= 15 is 0 Å². The summed E-state index contributed by atoms with van der Waals surface area (Å²) in [5, 5.41) is 18.8. The number of carbonyl (C=O) groups is 2. The molecule has 0 bridgehead atoms. The first-order chi connectivity index (χ1) is 15.0. The van der Waals surface area contributed by atoms with Crippen LogP contribution in [0.2, 0.25) is 0 Å². The number of carboxylic acid groups (broad SMARTS) is 1. The van der Waals surface area contributed by atoms with Crippen molar-refractivity contribution < 1.29 is 14.7 Å². The normalized spacial score (nSPS) is 19.3. The van der Waals surface area contributed by atoms with E-state index in [0.717, 1.165) is 31.2 Å². The third-order valence-corrected chi connectivity index (χ3v) is 5.68. The maximum Gasteiger partial charge on any atom is 0.326 e. The highest BCUT2D eigenvalue weighted by Crippen LogP contribution is 2.33. The highest BCUT2D eigenvalue weighted by Gasteiger charge is 2.30. The van der Waals surface area contributed by atoms with Gasteiger partial charge >= 0.3 is 5.97 Å². The molecule has 1 atom stereocenters. The van der Waals surface area contributed by atoms with Gasteiger partial charge in [0.15, 0.2) is 5.96 Å². The number of amides is 1. The van der Waals surface area contributed by atoms with Gasteiger partial charge in [-0.2, -0.15) is 4.99 Å². The molecule has 1 aliphatic carbocycles. The van der Waals surface area contributed by atoms with Crippen molar-refractivity contribution in [2.24, 2.45) is 34.2 Å². The van der Waals surface area contributed by atoms with Crippen LogP contribution in [-0.2, 0) is 16.0 Å². The van der Waals surface area contributed by atoms with Gasteiger partial charge in [0.25, 0.3) is 0 Å². The number of benzene rings is 1. The van der Waals surface area contributed by atoms with E-state index in [0.29, 0.717) is 18.3 Å². The molecule has 1 aliphatic rings. The molecule has 0 saturated heterocycles. The summed E-state index contributed by atoms with van der Waals surface area (Å²) in [5.41, 5.74) is 11.1. The van der Waals surface area contributed by atoms with E-state index in [1.54, 1.807) is 19.0 Å². The van der Waals surface area contributed by atoms with Gasteiger partial charge in [0.1, 0.15) is 6.04 Å². The quantitative estimate of drug-likeness (QED) is 0.332. The van der Waals surface area contributed by atoms with Gasteiger partial charge in [-0.25, -0.2) is 4.79 Å². The van der Waals surface area contributed by atoms with Gasteiger partial charge in [-0.1, -0.05) is 44.2 Å². The molecule has 0 heterocycles. The van der Waals surface area contributed by atoms with E-state index in [9.17, 15) is 14.7 Å². The van der Waals surface area contributed by atoms with Crippen molar-refractivity contribution in [2.45, 2.75) is 52.0 Å². The summed E-state index contributed by atoms with van der Waals surface area (Å²) in [5.74, 6) is 0.197. The Labute approximate surface area is 190 Å². The molecule has 0 unspecified atom stereocenters. The molecular weight excluding hydrogens is 408 g/mol. The second kappa shape index (κ2) is 13.3. The van der Waals surface area contributed by atoms with E-state index in [1.807, 2.05) is 30.3 Å². The molecule has 1 saturated carbocycles. The van der Waals surface area contributed by atoms with Crippen LogP contribution in [0.4, 0.5) is 0 Å². The summed E-state index contributed by atoms with van der Waals surface area (Å²) in [6.07, 6.45) is 4.18. The zero-order chi connectivity index (χ0) is 24.3. The van der Waals surface area contributed by atoms with E-state index in [2.05, 4.69) is 24.2 Å². The Hall–Kier alpha value is -3.10. The van der Waals surface area contributed by atoms with E-state index in [-0.39, 0.29) is 23.7 Å². The number of carbonyl (C=O) groups excluding carboxylic acids is 1. The lowest BCUT2D eigenvalue weighted by Gasteiger charge is -2.30. The fraction of sp³-hybridized carbons (Fsp3) is 0.565. The topological polar surface area (TPSA) is 158 Å². The molecule has 1 aromatic rings. The van der Waals surface area contributed by atoms with Crippen LogP contribution in [0, 0.1) is 23.2 Å². The predicted molar refractivity (Wildman–Crippen MR) is 127 cm³/mol. The Morgan fingerprint density at radius 1 is 1.16 bits per heavy atom. The Bertz CT molecular complexity index is 771. The van der Waals surface area contributed by atoms with Crippen molar-refractivity contribution in [2.75, 3.05) is 14.1 Å². The molecule has 7 N–H and O–H groups in total. The zero-order valence-corrected chi connectivity index (χ0v) is 19.5. The Morgan fingerprint density at radius 3 is 2.12 bits per heavy atom. The zero-order valence-electron chi connectivity index (χ0n) is 19.5. The smallest absolute Gasteiger partial charge is 0.326 e. The van der Waals surface area contributed by atoms with Crippen LogP contribution in [0.5, 0.6) is 0 Å². The lowest BCUT2D eigenvalue weighted by atomic mass is 9.76. The minimum Gasteiger partial charge on any atom is -0.480 e. The van der Waals surface area contributed by atoms with Crippen molar-refractivity contribution in [1.29, 1.82) is 5.41 Å². The van der Waals surface area contributed by atoms with Crippen molar-refractivity contribution >= 4 is 23.8 Å². The van der Waals surface area contributed by atoms with Crippen LogP contribution in [0.25, 0.3) is 0 Å². The molecule has 1 fully saturated rings. The average molecular weight is 447 g/mol. The molecule has 9 heteroatoms. The number of carboxylic acids is 1. The number of nitrogens with zero attached hydrogens (tertiary/aromatic N) is 2. The second-order valence-corrected chi connectivity index (χ2v) is 8.69. The maximum absolute atomic E-state index is 12.4. The number of hydrogen-bond acceptors (Lipinski definition) is 3. The van der Waals surface area contributed by atoms with Crippen molar-refractivity contribution in [3.8, 4) is 0 Å². The highest BCUT2D eigenvalue weighted by atomic mass is 16.4. The van der Waals surface area contributed by atoms with Gasteiger partial charge in [0, 0.05) is 26.4 Å². The summed E-state index contributed by atoms with van der Waals surface area (Å²) in [7, 11) is 3.45. The molecule has 178 valence electrons. The fourth-order valence-corrected chi connectivity index (χ4v) is 3.61. The van der Waals surface area contributed by atoms with Crippen molar-refractivity contribution in [1.82, 2.24) is 10.2 Å². The van der Waals surface area contributed by atoms with Gasteiger partial charge in [0.05, 0.1) is 0 Å². The Morgan fingerprint density at radius 2 is 1.72 bits per heavy atom. The highest BCUT2D eigenvalue weighted by molar-refractivity contribution is 5.91. The number of nitrogens with two attached hydrogens (primary N) is 2. The minimum atomic E-state index is -0.974. The molecular formula is C23H38N6O3. The van der Waals surface area contributed by atoms with Gasteiger partial charge in [0.2, 0.25) is 11.9 Å². The second-order valence-electron chi connectivity index (χ2n) is 8.69. The number of guanidine groups is 2. The standard InChI is InChI=1S/C19H27NO3.C4H11N5/c1-13(2)15-8-10-16(11-9-15)18(21)20-17(19(22)23)12-14-6-4-3-5-7-14;1-9(2)4(7)8-3(5)6/h3-7,13,15-17H,8-12H2,1-2H3,(H,20,21)(H,22,23);1-2H3,(H5,5,6,7,8)/t15?,16?,17-;/m1./s1. The molecule has 0 aliphatic heterocycles. The first kappa shape index (κ1) is 26.9. The molecule has 0 radical (unpaired) electrons. The van der Waals surface area contributed by atoms with Crippen LogP contribution in [0.15, 0.2) is 35.3 Å². The summed E-state index contributed by atoms with van der Waals surface area (Å²) in [4.78, 5) is 28.9. The molecule has 1 amide bonds. The van der Waals surface area contributed by atoms with Crippen LogP contribution < -0.4 is 16.8 Å². The molecule has 0 spiro atoms. The van der Waals surface area contributed by atoms with Gasteiger partial charge in [-0.05, 0) is 43.1 Å². The molecule has 32 heavy (non-hydrogen) atoms. The van der Waals surface area contributed by atoms with Crippen LogP contribution in [0.1, 0.15) is 45.1 Å². The first-order valence-electron chi connectivity index (χ1n) is 10.9. The summed E-state index contributed by atoms with van der Waals surface area (Å²) >= 11 is 0. The van der Waals surface area contributed by atoms with Gasteiger partial charge < -0.3 is 26.8 Å². The van der Waals surface area contributed by atoms with Crippen LogP contribution in [-0.4, -0.2) is 53.9 Å². The molecule has 1 aromatic carbocycles. The monoisotopic (exact) mass is 446 g/mol. The lowest BCUT2D eigenvalue weighted by Crippen LogP contribution is -2.45. The largest absolute Gasteiger partial charge is 0.480 e. The Kier molecular flexibility index (Phi) is 11.2. The van der Waals surface area contributed by atoms with Crippen molar-refractivity contribution in [3.63, 3.8) is 0 Å². The molecule has 0 aromatic heterocycles. The third kappa shape index (κ3) is 9.80. The maximum atomic E-state index is 12.4. The lowest BCUT2D eigenvalue weighted by molar-refractivity contribution is -0.142. The number of rotatable bonds is 6. The summed E-state index contributed by atoms with van der Waals surface area (Å²) < 4.78 is 0. The van der Waals surface area contributed by atoms with Crippen LogP contribution >= 0.6 is 0 Å². The van der Waals surface area contributed by atoms with Gasteiger partial charge in [-0.15, -0.1) is 0 Å². The molecule has 2 rings (SSSR count). The number of aliphatic imine (C=N–C) groups is 1. The summed E-state index contributed by atoms with van der Waals surface area (Å²) in [6, 6.07) is 8.57. The van der Waals surface area contributed by atoms with Gasteiger partial charge in [-0.3, -0.25) is 10.2 Å².